The smallest absolute Gasteiger partial charge is 0.272 e. The van der Waals surface area contributed by atoms with Crippen LogP contribution in [0.1, 0.15) is 37.2 Å². The Morgan fingerprint density at radius 1 is 1.71 bits per heavy atom. The Morgan fingerprint density at radius 2 is 2.53 bits per heavy atom. The number of hydrogen-bond acceptors (Lipinski definition) is 5. The maximum atomic E-state index is 11.7. The molecule has 94 valence electrons. The van der Waals surface area contributed by atoms with Gasteiger partial charge in [0.25, 0.3) is 5.91 Å². The number of carbonyl (C=O) groups excluding carboxylic acids is 1. The molecule has 1 fully saturated rings. The average Bonchev–Trinajstić information content (AvgIpc) is 2.80. The van der Waals surface area contributed by atoms with Crippen LogP contribution in [0.25, 0.3) is 0 Å². The number of nitrogens with one attached hydrogen (secondary N) is 2. The summed E-state index contributed by atoms with van der Waals surface area (Å²) in [5, 5.41) is 6.37. The molecule has 0 radical (unpaired) electrons. The van der Waals surface area contributed by atoms with E-state index in [0.29, 0.717) is 18.3 Å². The number of piperidine rings is 1. The van der Waals surface area contributed by atoms with Gasteiger partial charge in [0, 0.05) is 12.6 Å². The first-order chi connectivity index (χ1) is 8.09. The minimum absolute atomic E-state index is 0.137. The van der Waals surface area contributed by atoms with Crippen molar-refractivity contribution in [2.45, 2.75) is 32.7 Å². The summed E-state index contributed by atoms with van der Waals surface area (Å²) in [7, 11) is 0. The molecule has 6 heteroatoms. The Labute approximate surface area is 105 Å². The van der Waals surface area contributed by atoms with Gasteiger partial charge in [-0.2, -0.15) is 8.75 Å². The molecule has 1 saturated heterocycles. The van der Waals surface area contributed by atoms with E-state index >= 15 is 0 Å². The second kappa shape index (κ2) is 5.10. The maximum absolute atomic E-state index is 11.7. The highest BCUT2D eigenvalue weighted by Crippen LogP contribution is 2.29. The summed E-state index contributed by atoms with van der Waals surface area (Å²) in [5.74, 6) is -0.137. The Morgan fingerprint density at radius 3 is 3.18 bits per heavy atom. The van der Waals surface area contributed by atoms with Crippen molar-refractivity contribution in [3.05, 3.63) is 11.9 Å². The van der Waals surface area contributed by atoms with Crippen molar-refractivity contribution < 1.29 is 4.79 Å². The van der Waals surface area contributed by atoms with E-state index in [1.165, 1.54) is 19.0 Å². The van der Waals surface area contributed by atoms with Gasteiger partial charge in [-0.25, -0.2) is 0 Å². The lowest BCUT2D eigenvalue weighted by Crippen LogP contribution is -2.52. The molecule has 2 heterocycles. The summed E-state index contributed by atoms with van der Waals surface area (Å²) < 4.78 is 7.74. The van der Waals surface area contributed by atoms with E-state index in [-0.39, 0.29) is 11.3 Å². The SMILES string of the molecule is CC1(C)CCCNC1CNC(=O)c1cnsn1. The fourth-order valence-electron chi connectivity index (χ4n) is 2.17. The standard InChI is InChI=1S/C11H18N4OS/c1-11(2)4-3-5-12-9(11)7-13-10(16)8-6-14-17-15-8/h6,9,12H,3-5,7H2,1-2H3,(H,13,16). The fourth-order valence-corrected chi connectivity index (χ4v) is 2.58. The topological polar surface area (TPSA) is 66.9 Å². The summed E-state index contributed by atoms with van der Waals surface area (Å²) in [4.78, 5) is 11.7. The molecular formula is C11H18N4OS. The highest BCUT2D eigenvalue weighted by molar-refractivity contribution is 6.99. The van der Waals surface area contributed by atoms with Crippen LogP contribution in [0.3, 0.4) is 0 Å². The lowest BCUT2D eigenvalue weighted by atomic mass is 9.77. The molecule has 1 amide bonds. The molecule has 0 spiro atoms. The number of amides is 1. The normalized spacial score (nSPS) is 23.3. The van der Waals surface area contributed by atoms with E-state index in [2.05, 4.69) is 33.2 Å². The first kappa shape index (κ1) is 12.4. The molecular weight excluding hydrogens is 236 g/mol. The van der Waals surface area contributed by atoms with Gasteiger partial charge in [-0.15, -0.1) is 0 Å². The van der Waals surface area contributed by atoms with Crippen molar-refractivity contribution in [1.29, 1.82) is 0 Å². The highest BCUT2D eigenvalue weighted by atomic mass is 32.1. The van der Waals surface area contributed by atoms with E-state index < -0.39 is 0 Å². The Bertz CT molecular complexity index is 377. The van der Waals surface area contributed by atoms with Crippen LogP contribution in [-0.4, -0.2) is 33.8 Å². The van der Waals surface area contributed by atoms with E-state index in [1.807, 2.05) is 0 Å². The first-order valence-corrected chi connectivity index (χ1v) is 6.62. The zero-order chi connectivity index (χ0) is 12.3. The summed E-state index contributed by atoms with van der Waals surface area (Å²) in [5.41, 5.74) is 0.634. The molecule has 1 aliphatic heterocycles. The molecule has 1 unspecified atom stereocenters. The van der Waals surface area contributed by atoms with Crippen LogP contribution in [0.15, 0.2) is 6.20 Å². The molecule has 0 aromatic carbocycles. The van der Waals surface area contributed by atoms with Gasteiger partial charge in [0.15, 0.2) is 5.69 Å². The van der Waals surface area contributed by atoms with Gasteiger partial charge in [-0.05, 0) is 24.8 Å². The zero-order valence-electron chi connectivity index (χ0n) is 10.2. The molecule has 1 atom stereocenters. The molecule has 2 N–H and O–H groups in total. The Balaban J connectivity index is 1.87. The quantitative estimate of drug-likeness (QED) is 0.846. The van der Waals surface area contributed by atoms with Crippen LogP contribution in [0, 0.1) is 5.41 Å². The molecule has 0 bridgehead atoms. The van der Waals surface area contributed by atoms with Gasteiger partial charge >= 0.3 is 0 Å². The van der Waals surface area contributed by atoms with Crippen molar-refractivity contribution >= 4 is 17.6 Å². The molecule has 0 aliphatic carbocycles. The average molecular weight is 254 g/mol. The first-order valence-electron chi connectivity index (χ1n) is 5.89. The van der Waals surface area contributed by atoms with Crippen LogP contribution in [-0.2, 0) is 0 Å². The predicted octanol–water partition coefficient (Wildman–Crippen LogP) is 1.05. The number of rotatable bonds is 3. The van der Waals surface area contributed by atoms with Gasteiger partial charge < -0.3 is 10.6 Å². The van der Waals surface area contributed by atoms with E-state index in [0.717, 1.165) is 18.3 Å². The lowest BCUT2D eigenvalue weighted by Gasteiger charge is -2.39. The predicted molar refractivity (Wildman–Crippen MR) is 67.0 cm³/mol. The molecule has 5 nitrogen and oxygen atoms in total. The van der Waals surface area contributed by atoms with Crippen LogP contribution in [0.2, 0.25) is 0 Å². The number of carbonyl (C=O) groups is 1. The summed E-state index contributed by atoms with van der Waals surface area (Å²) in [6.07, 6.45) is 3.89. The van der Waals surface area contributed by atoms with Gasteiger partial charge in [0.1, 0.15) is 0 Å². The van der Waals surface area contributed by atoms with Crippen LogP contribution in [0.5, 0.6) is 0 Å². The van der Waals surface area contributed by atoms with Crippen molar-refractivity contribution in [2.24, 2.45) is 5.41 Å². The second-order valence-electron chi connectivity index (χ2n) is 5.10. The Hall–Kier alpha value is -1.01. The third kappa shape index (κ3) is 3.01. The van der Waals surface area contributed by atoms with Crippen molar-refractivity contribution in [3.8, 4) is 0 Å². The molecule has 2 rings (SSSR count). The largest absolute Gasteiger partial charge is 0.349 e. The summed E-state index contributed by atoms with van der Waals surface area (Å²) in [6.45, 7) is 6.15. The molecule has 1 aromatic heterocycles. The van der Waals surface area contributed by atoms with Crippen LogP contribution < -0.4 is 10.6 Å². The maximum Gasteiger partial charge on any atom is 0.272 e. The van der Waals surface area contributed by atoms with Gasteiger partial charge in [0.05, 0.1) is 17.9 Å². The van der Waals surface area contributed by atoms with Gasteiger partial charge in [-0.1, -0.05) is 13.8 Å². The molecule has 1 aliphatic rings. The zero-order valence-corrected chi connectivity index (χ0v) is 11.0. The molecule has 0 saturated carbocycles. The third-order valence-electron chi connectivity index (χ3n) is 3.39. The molecule has 1 aromatic rings. The summed E-state index contributed by atoms with van der Waals surface area (Å²) >= 11 is 1.05. The van der Waals surface area contributed by atoms with Gasteiger partial charge in [0.2, 0.25) is 0 Å². The minimum Gasteiger partial charge on any atom is -0.349 e. The fraction of sp³-hybridized carbons (Fsp3) is 0.727. The van der Waals surface area contributed by atoms with E-state index in [1.54, 1.807) is 0 Å². The van der Waals surface area contributed by atoms with Crippen LogP contribution in [0.4, 0.5) is 0 Å². The number of aromatic nitrogens is 2. The molecule has 17 heavy (non-hydrogen) atoms. The number of nitrogens with zero attached hydrogens (tertiary/aromatic N) is 2. The van der Waals surface area contributed by atoms with Gasteiger partial charge in [-0.3, -0.25) is 4.79 Å². The van der Waals surface area contributed by atoms with E-state index in [9.17, 15) is 4.79 Å². The Kier molecular flexibility index (Phi) is 3.73. The monoisotopic (exact) mass is 254 g/mol. The van der Waals surface area contributed by atoms with Crippen molar-refractivity contribution in [1.82, 2.24) is 19.4 Å². The number of hydrogen-bond donors (Lipinski definition) is 2. The van der Waals surface area contributed by atoms with Crippen LogP contribution >= 0.6 is 11.7 Å². The van der Waals surface area contributed by atoms with Crippen molar-refractivity contribution in [3.63, 3.8) is 0 Å². The minimum atomic E-state index is -0.137. The highest BCUT2D eigenvalue weighted by Gasteiger charge is 2.32. The lowest BCUT2D eigenvalue weighted by molar-refractivity contribution is 0.0925. The summed E-state index contributed by atoms with van der Waals surface area (Å²) in [6, 6.07) is 0.326. The van der Waals surface area contributed by atoms with E-state index in [4.69, 9.17) is 0 Å². The third-order valence-corrected chi connectivity index (χ3v) is 3.87. The second-order valence-corrected chi connectivity index (χ2v) is 5.66. The van der Waals surface area contributed by atoms with Crippen molar-refractivity contribution in [2.75, 3.05) is 13.1 Å².